The summed E-state index contributed by atoms with van der Waals surface area (Å²) < 4.78 is 26.1. The Kier molecular flexibility index (Phi) is 5.02. The summed E-state index contributed by atoms with van der Waals surface area (Å²) in [6.45, 7) is 4.70. The van der Waals surface area contributed by atoms with Gasteiger partial charge in [0.25, 0.3) is 5.78 Å². The van der Waals surface area contributed by atoms with E-state index in [9.17, 15) is 9.18 Å². The molecule has 3 heterocycles. The van der Waals surface area contributed by atoms with E-state index < -0.39 is 11.9 Å². The molecule has 0 unspecified atom stereocenters. The molecule has 9 nitrogen and oxygen atoms in total. The topological polar surface area (TPSA) is 93.9 Å². The number of hydrogen-bond donors (Lipinski definition) is 1. The molecule has 1 aromatic carbocycles. The van der Waals surface area contributed by atoms with Crippen molar-refractivity contribution >= 4 is 23.4 Å². The predicted molar refractivity (Wildman–Crippen MR) is 99.9 cm³/mol. The molecular formula is C18H19FN6O3. The summed E-state index contributed by atoms with van der Waals surface area (Å²) in [5, 5.41) is 7.07. The quantitative estimate of drug-likeness (QED) is 0.735. The summed E-state index contributed by atoms with van der Waals surface area (Å²) in [7, 11) is 0. The number of hydrogen-bond acceptors (Lipinski definition) is 7. The average Bonchev–Trinajstić information content (AvgIpc) is 3.13. The lowest BCUT2D eigenvalue weighted by Crippen LogP contribution is -2.37. The molecule has 0 spiro atoms. The van der Waals surface area contributed by atoms with Gasteiger partial charge in [0.05, 0.1) is 37.9 Å². The first-order valence-corrected chi connectivity index (χ1v) is 8.93. The van der Waals surface area contributed by atoms with Crippen LogP contribution in [0.1, 0.15) is 6.92 Å². The van der Waals surface area contributed by atoms with E-state index >= 15 is 0 Å². The Morgan fingerprint density at radius 1 is 1.36 bits per heavy atom. The highest BCUT2D eigenvalue weighted by molar-refractivity contribution is 5.85. The van der Waals surface area contributed by atoms with Gasteiger partial charge in [0.2, 0.25) is 0 Å². The van der Waals surface area contributed by atoms with E-state index in [1.165, 1.54) is 22.7 Å². The molecule has 0 saturated carbocycles. The highest BCUT2D eigenvalue weighted by atomic mass is 19.1. The summed E-state index contributed by atoms with van der Waals surface area (Å²) in [4.78, 5) is 22.3. The second-order valence-corrected chi connectivity index (χ2v) is 6.13. The Morgan fingerprint density at radius 3 is 2.96 bits per heavy atom. The van der Waals surface area contributed by atoms with Gasteiger partial charge in [0.1, 0.15) is 5.82 Å². The van der Waals surface area contributed by atoms with E-state index in [0.29, 0.717) is 36.2 Å². The minimum absolute atomic E-state index is 0.231. The van der Waals surface area contributed by atoms with E-state index in [0.717, 1.165) is 13.1 Å². The van der Waals surface area contributed by atoms with E-state index in [-0.39, 0.29) is 12.2 Å². The number of rotatable bonds is 4. The number of benzene rings is 1. The largest absolute Gasteiger partial charge is 0.450 e. The molecule has 1 saturated heterocycles. The SMILES string of the molecule is CCOC(=O)Nc1ccc(F)c(-c2cn3nc(N4CCOCC4)cnc3n2)c1. The summed E-state index contributed by atoms with van der Waals surface area (Å²) in [5.41, 5.74) is 1.00. The van der Waals surface area contributed by atoms with Crippen molar-refractivity contribution in [2.24, 2.45) is 0 Å². The van der Waals surface area contributed by atoms with Gasteiger partial charge in [-0.05, 0) is 25.1 Å². The van der Waals surface area contributed by atoms with E-state index in [1.54, 1.807) is 19.3 Å². The summed E-state index contributed by atoms with van der Waals surface area (Å²) >= 11 is 0. The molecule has 0 radical (unpaired) electrons. The van der Waals surface area contributed by atoms with Crippen molar-refractivity contribution in [3.8, 4) is 11.3 Å². The maximum absolute atomic E-state index is 14.4. The van der Waals surface area contributed by atoms with Crippen LogP contribution in [0.25, 0.3) is 17.0 Å². The Bertz CT molecular complexity index is 1000. The van der Waals surface area contributed by atoms with Crippen LogP contribution in [0.5, 0.6) is 0 Å². The highest BCUT2D eigenvalue weighted by Crippen LogP contribution is 2.26. The van der Waals surface area contributed by atoms with Gasteiger partial charge >= 0.3 is 6.09 Å². The van der Waals surface area contributed by atoms with Crippen molar-refractivity contribution in [2.75, 3.05) is 43.1 Å². The van der Waals surface area contributed by atoms with Crippen LogP contribution in [-0.4, -0.2) is 58.6 Å². The van der Waals surface area contributed by atoms with Crippen LogP contribution in [0.2, 0.25) is 0 Å². The number of nitrogens with zero attached hydrogens (tertiary/aromatic N) is 5. The lowest BCUT2D eigenvalue weighted by Gasteiger charge is -2.27. The molecule has 1 amide bonds. The van der Waals surface area contributed by atoms with E-state index in [1.807, 2.05) is 0 Å². The number of fused-ring (bicyclic) bond motifs is 1. The Morgan fingerprint density at radius 2 is 2.18 bits per heavy atom. The molecule has 1 N–H and O–H groups in total. The van der Waals surface area contributed by atoms with E-state index in [4.69, 9.17) is 9.47 Å². The van der Waals surface area contributed by atoms with Crippen molar-refractivity contribution in [1.82, 2.24) is 19.6 Å². The number of carbonyl (C=O) groups excluding carboxylic acids is 1. The molecule has 0 bridgehead atoms. The van der Waals surface area contributed by atoms with Gasteiger partial charge < -0.3 is 14.4 Å². The maximum Gasteiger partial charge on any atom is 0.411 e. The van der Waals surface area contributed by atoms with Gasteiger partial charge in [0, 0.05) is 24.3 Å². The van der Waals surface area contributed by atoms with Crippen molar-refractivity contribution in [1.29, 1.82) is 0 Å². The number of ether oxygens (including phenoxy) is 2. The van der Waals surface area contributed by atoms with Crippen LogP contribution in [-0.2, 0) is 9.47 Å². The fourth-order valence-electron chi connectivity index (χ4n) is 2.93. The molecular weight excluding hydrogens is 367 g/mol. The lowest BCUT2D eigenvalue weighted by molar-refractivity contribution is 0.122. The first kappa shape index (κ1) is 18.1. The number of aromatic nitrogens is 4. The van der Waals surface area contributed by atoms with Gasteiger partial charge in [-0.1, -0.05) is 0 Å². The number of morpholine rings is 1. The first-order chi connectivity index (χ1) is 13.6. The maximum atomic E-state index is 14.4. The number of amides is 1. The molecule has 1 aliphatic heterocycles. The first-order valence-electron chi connectivity index (χ1n) is 8.93. The molecule has 0 aliphatic carbocycles. The standard InChI is InChI=1S/C18H19FN6O3/c1-2-28-18(26)21-12-3-4-14(19)13(9-12)15-11-25-17(22-15)20-10-16(23-25)24-5-7-27-8-6-24/h3-4,9-11H,2,5-8H2,1H3,(H,21,26). The van der Waals surface area contributed by atoms with Gasteiger partial charge in [-0.3, -0.25) is 5.32 Å². The molecule has 0 atom stereocenters. The van der Waals surface area contributed by atoms with Crippen LogP contribution < -0.4 is 10.2 Å². The molecule has 1 aliphatic rings. The van der Waals surface area contributed by atoms with Crippen LogP contribution >= 0.6 is 0 Å². The predicted octanol–water partition coefficient (Wildman–Crippen LogP) is 2.34. The van der Waals surface area contributed by atoms with Crippen LogP contribution in [0.15, 0.2) is 30.6 Å². The third kappa shape index (κ3) is 3.72. The third-order valence-corrected chi connectivity index (χ3v) is 4.27. The number of carbonyl (C=O) groups is 1. The molecule has 146 valence electrons. The molecule has 4 rings (SSSR count). The normalized spacial score (nSPS) is 14.3. The number of anilines is 2. The van der Waals surface area contributed by atoms with Crippen molar-refractivity contribution in [3.05, 3.63) is 36.4 Å². The van der Waals surface area contributed by atoms with Gasteiger partial charge in [-0.15, -0.1) is 5.10 Å². The molecule has 10 heteroatoms. The minimum atomic E-state index is -0.603. The van der Waals surface area contributed by atoms with Gasteiger partial charge in [-0.2, -0.15) is 0 Å². The van der Waals surface area contributed by atoms with Crippen LogP contribution in [0.3, 0.4) is 0 Å². The smallest absolute Gasteiger partial charge is 0.411 e. The second-order valence-electron chi connectivity index (χ2n) is 6.13. The highest BCUT2D eigenvalue weighted by Gasteiger charge is 2.16. The molecule has 28 heavy (non-hydrogen) atoms. The summed E-state index contributed by atoms with van der Waals surface area (Å²) in [6.07, 6.45) is 2.65. The monoisotopic (exact) mass is 386 g/mol. The average molecular weight is 386 g/mol. The van der Waals surface area contributed by atoms with Crippen LogP contribution in [0, 0.1) is 5.82 Å². The Hall–Kier alpha value is -3.27. The molecule has 1 fully saturated rings. The Balaban J connectivity index is 1.64. The zero-order valence-corrected chi connectivity index (χ0v) is 15.3. The lowest BCUT2D eigenvalue weighted by atomic mass is 10.1. The van der Waals surface area contributed by atoms with Gasteiger partial charge in [-0.25, -0.2) is 23.7 Å². The third-order valence-electron chi connectivity index (χ3n) is 4.27. The number of nitrogens with one attached hydrogen (secondary N) is 1. The Labute approximate surface area is 160 Å². The summed E-state index contributed by atoms with van der Waals surface area (Å²) in [5.74, 6) is 0.597. The van der Waals surface area contributed by atoms with Crippen molar-refractivity contribution in [3.63, 3.8) is 0 Å². The zero-order chi connectivity index (χ0) is 19.5. The van der Waals surface area contributed by atoms with Crippen molar-refractivity contribution < 1.29 is 18.7 Å². The zero-order valence-electron chi connectivity index (χ0n) is 15.3. The fraction of sp³-hybridized carbons (Fsp3) is 0.333. The van der Waals surface area contributed by atoms with Gasteiger partial charge in [0.15, 0.2) is 5.82 Å². The van der Waals surface area contributed by atoms with Crippen LogP contribution in [0.4, 0.5) is 20.7 Å². The number of halogens is 1. The van der Waals surface area contributed by atoms with Crippen molar-refractivity contribution in [2.45, 2.75) is 6.92 Å². The minimum Gasteiger partial charge on any atom is -0.450 e. The second kappa shape index (κ2) is 7.77. The molecule has 3 aromatic rings. The number of imidazole rings is 1. The summed E-state index contributed by atoms with van der Waals surface area (Å²) in [6, 6.07) is 4.22. The molecule has 2 aromatic heterocycles. The van der Waals surface area contributed by atoms with E-state index in [2.05, 4.69) is 25.3 Å². The fourth-order valence-corrected chi connectivity index (χ4v) is 2.93.